The lowest BCUT2D eigenvalue weighted by atomic mass is 10.2. The van der Waals surface area contributed by atoms with E-state index in [1.165, 1.54) is 0 Å². The van der Waals surface area contributed by atoms with Crippen molar-refractivity contribution >= 4 is 74.0 Å². The number of anilines is 4. The molecule has 4 N–H and O–H groups in total. The van der Waals surface area contributed by atoms with Crippen LogP contribution in [0.3, 0.4) is 0 Å². The molecule has 4 aromatic rings. The highest BCUT2D eigenvalue weighted by Crippen LogP contribution is 2.32. The first-order valence-corrected chi connectivity index (χ1v) is 11.5. The average molecular weight is 626 g/mol. The van der Waals surface area contributed by atoms with Crippen LogP contribution in [0.15, 0.2) is 73.3 Å². The van der Waals surface area contributed by atoms with Crippen molar-refractivity contribution in [2.75, 3.05) is 23.2 Å². The quantitative estimate of drug-likeness (QED) is 0.132. The molecule has 2 aromatic carbocycles. The maximum absolute atomic E-state index is 9.86. The van der Waals surface area contributed by atoms with E-state index in [1.54, 1.807) is 31.7 Å². The van der Waals surface area contributed by atoms with Gasteiger partial charge in [0.15, 0.2) is 0 Å². The number of nitrogens with zero attached hydrogens (tertiary/aromatic N) is 4. The second kappa shape index (κ2) is 12.4. The highest BCUT2D eigenvalue weighted by molar-refractivity contribution is 9.11. The van der Waals surface area contributed by atoms with E-state index >= 15 is 0 Å². The summed E-state index contributed by atoms with van der Waals surface area (Å²) >= 11 is 6.60. The Bertz CT molecular complexity index is 1270. The van der Waals surface area contributed by atoms with Crippen molar-refractivity contribution in [1.82, 2.24) is 15.0 Å². The van der Waals surface area contributed by atoms with Crippen molar-refractivity contribution in [1.29, 1.82) is 0 Å². The molecule has 0 bridgehead atoms. The standard InChI is InChI=1S/C22H19Br2N7O3.ClH/c1-33-15-6-4-14(5-7-15)27-21-28-20(25-12-16-3-2-8-34-16)29-22(30-21)31-26-11-13-9-17(23)19(32)18(24)10-13;/h2-11,32H,12H2,1H3,(H3,25,27,28,29,30,31);1H/b26-11+;. The van der Waals surface area contributed by atoms with Crippen molar-refractivity contribution in [3.05, 3.63) is 75.1 Å². The smallest absolute Gasteiger partial charge is 0.250 e. The van der Waals surface area contributed by atoms with Crippen LogP contribution >= 0.6 is 44.3 Å². The van der Waals surface area contributed by atoms with Gasteiger partial charge in [-0.1, -0.05) is 0 Å². The van der Waals surface area contributed by atoms with Crippen molar-refractivity contribution in [2.45, 2.75) is 6.54 Å². The fourth-order valence-electron chi connectivity index (χ4n) is 2.77. The molecular formula is C22H20Br2ClN7O3. The number of hydrazone groups is 1. The van der Waals surface area contributed by atoms with Crippen LogP contribution in [-0.4, -0.2) is 33.4 Å². The van der Waals surface area contributed by atoms with Gasteiger partial charge in [0.1, 0.15) is 17.3 Å². The molecule has 0 radical (unpaired) electrons. The lowest BCUT2D eigenvalue weighted by Crippen LogP contribution is -2.09. The number of phenols is 1. The molecular weight excluding hydrogens is 606 g/mol. The number of halogens is 3. The molecule has 182 valence electrons. The van der Waals surface area contributed by atoms with E-state index in [1.807, 2.05) is 36.4 Å². The summed E-state index contributed by atoms with van der Waals surface area (Å²) in [6.07, 6.45) is 3.17. The molecule has 0 aliphatic carbocycles. The van der Waals surface area contributed by atoms with Crippen LogP contribution in [0.4, 0.5) is 23.5 Å². The van der Waals surface area contributed by atoms with Gasteiger partial charge in [0.25, 0.3) is 0 Å². The molecule has 0 aliphatic heterocycles. The third kappa shape index (κ3) is 7.31. The molecule has 10 nitrogen and oxygen atoms in total. The molecule has 2 heterocycles. The molecule has 35 heavy (non-hydrogen) atoms. The van der Waals surface area contributed by atoms with Gasteiger partial charge in [-0.05, 0) is 86.0 Å². The summed E-state index contributed by atoms with van der Waals surface area (Å²) in [4.78, 5) is 13.2. The second-order valence-electron chi connectivity index (χ2n) is 6.80. The average Bonchev–Trinajstić information content (AvgIpc) is 3.35. The summed E-state index contributed by atoms with van der Waals surface area (Å²) in [5.74, 6) is 2.46. The largest absolute Gasteiger partial charge is 0.506 e. The Labute approximate surface area is 223 Å². The molecule has 0 aliphatic rings. The van der Waals surface area contributed by atoms with Crippen LogP contribution in [-0.2, 0) is 6.54 Å². The number of hydrogen-bond donors (Lipinski definition) is 4. The van der Waals surface area contributed by atoms with Gasteiger partial charge in [-0.2, -0.15) is 20.1 Å². The van der Waals surface area contributed by atoms with E-state index in [0.717, 1.165) is 22.8 Å². The summed E-state index contributed by atoms with van der Waals surface area (Å²) in [6, 6.07) is 14.5. The van der Waals surface area contributed by atoms with Gasteiger partial charge in [0.05, 0.1) is 35.1 Å². The second-order valence-corrected chi connectivity index (χ2v) is 8.50. The normalized spacial score (nSPS) is 10.6. The topological polar surface area (TPSA) is 130 Å². The number of rotatable bonds is 9. The van der Waals surface area contributed by atoms with Crippen molar-refractivity contribution in [3.8, 4) is 11.5 Å². The summed E-state index contributed by atoms with van der Waals surface area (Å²) in [5, 5.41) is 20.3. The number of benzene rings is 2. The zero-order valence-electron chi connectivity index (χ0n) is 18.2. The SMILES string of the molecule is COc1ccc(Nc2nc(NCc3ccco3)nc(N/N=C/c3cc(Br)c(O)c(Br)c3)n2)cc1.Cl. The van der Waals surface area contributed by atoms with Crippen molar-refractivity contribution in [3.63, 3.8) is 0 Å². The molecule has 0 fully saturated rings. The minimum Gasteiger partial charge on any atom is -0.506 e. The van der Waals surface area contributed by atoms with Crippen LogP contribution in [0.1, 0.15) is 11.3 Å². The molecule has 0 amide bonds. The fraction of sp³-hybridized carbons (Fsp3) is 0.0909. The summed E-state index contributed by atoms with van der Waals surface area (Å²) < 4.78 is 11.6. The summed E-state index contributed by atoms with van der Waals surface area (Å²) in [7, 11) is 1.61. The first-order chi connectivity index (χ1) is 16.5. The van der Waals surface area contributed by atoms with Gasteiger partial charge in [0.2, 0.25) is 17.8 Å². The van der Waals surface area contributed by atoms with Gasteiger partial charge in [-0.25, -0.2) is 5.43 Å². The maximum Gasteiger partial charge on any atom is 0.250 e. The van der Waals surface area contributed by atoms with E-state index in [0.29, 0.717) is 27.4 Å². The molecule has 0 spiro atoms. The van der Waals surface area contributed by atoms with E-state index in [2.05, 4.69) is 68.0 Å². The molecule has 13 heteroatoms. The minimum atomic E-state index is 0. The van der Waals surface area contributed by atoms with Crippen molar-refractivity contribution < 1.29 is 14.3 Å². The Hall–Kier alpha value is -3.35. The predicted molar refractivity (Wildman–Crippen MR) is 144 cm³/mol. The Balaban J connectivity index is 0.00000342. The summed E-state index contributed by atoms with van der Waals surface area (Å²) in [6.45, 7) is 0.400. The molecule has 0 saturated heterocycles. The van der Waals surface area contributed by atoms with Crippen LogP contribution in [0.2, 0.25) is 0 Å². The van der Waals surface area contributed by atoms with Gasteiger partial charge in [-0.15, -0.1) is 12.4 Å². The van der Waals surface area contributed by atoms with Gasteiger partial charge >= 0.3 is 0 Å². The third-order valence-corrected chi connectivity index (χ3v) is 5.61. The highest BCUT2D eigenvalue weighted by atomic mass is 79.9. The molecule has 4 rings (SSSR count). The third-order valence-electron chi connectivity index (χ3n) is 4.40. The van der Waals surface area contributed by atoms with E-state index in [9.17, 15) is 5.11 Å². The Morgan fingerprint density at radius 1 is 1.03 bits per heavy atom. The number of methoxy groups -OCH3 is 1. The first kappa shape index (κ1) is 26.3. The predicted octanol–water partition coefficient (Wildman–Crippen LogP) is 5.93. The molecule has 2 aromatic heterocycles. The van der Waals surface area contributed by atoms with E-state index in [-0.39, 0.29) is 24.1 Å². The minimum absolute atomic E-state index is 0. The monoisotopic (exact) mass is 623 g/mol. The van der Waals surface area contributed by atoms with Gasteiger partial charge in [-0.3, -0.25) is 0 Å². The number of aromatic hydroxyl groups is 1. The van der Waals surface area contributed by atoms with Gasteiger partial charge < -0.3 is 24.9 Å². The van der Waals surface area contributed by atoms with Crippen LogP contribution in [0.25, 0.3) is 0 Å². The number of ether oxygens (including phenoxy) is 1. The molecule has 0 atom stereocenters. The lowest BCUT2D eigenvalue weighted by Gasteiger charge is -2.10. The number of phenolic OH excluding ortho intramolecular Hbond substituents is 1. The number of aromatic nitrogens is 3. The number of furan rings is 1. The Morgan fingerprint density at radius 3 is 2.37 bits per heavy atom. The van der Waals surface area contributed by atoms with Crippen LogP contribution < -0.4 is 20.8 Å². The molecule has 0 unspecified atom stereocenters. The fourth-order valence-corrected chi connectivity index (χ4v) is 3.99. The zero-order valence-corrected chi connectivity index (χ0v) is 22.2. The maximum atomic E-state index is 9.86. The van der Waals surface area contributed by atoms with Crippen molar-refractivity contribution in [2.24, 2.45) is 5.10 Å². The highest BCUT2D eigenvalue weighted by Gasteiger charge is 2.09. The van der Waals surface area contributed by atoms with E-state index in [4.69, 9.17) is 9.15 Å². The summed E-state index contributed by atoms with van der Waals surface area (Å²) in [5.41, 5.74) is 4.33. The number of hydrogen-bond acceptors (Lipinski definition) is 10. The Kier molecular flexibility index (Phi) is 9.29. The van der Waals surface area contributed by atoms with Crippen LogP contribution in [0.5, 0.6) is 11.5 Å². The Morgan fingerprint density at radius 2 is 1.71 bits per heavy atom. The molecule has 0 saturated carbocycles. The van der Waals surface area contributed by atoms with Crippen LogP contribution in [0, 0.1) is 0 Å². The zero-order chi connectivity index (χ0) is 23.9. The van der Waals surface area contributed by atoms with E-state index < -0.39 is 0 Å². The van der Waals surface area contributed by atoms with Gasteiger partial charge in [0, 0.05) is 5.69 Å². The lowest BCUT2D eigenvalue weighted by molar-refractivity contribution is 0.415. The first-order valence-electron chi connectivity index (χ1n) is 9.90. The number of nitrogens with one attached hydrogen (secondary N) is 3.